The van der Waals surface area contributed by atoms with Crippen LogP contribution in [0.2, 0.25) is 0 Å². The molecule has 1 heterocycles. The number of hydrogen-bond donors (Lipinski definition) is 3. The summed E-state index contributed by atoms with van der Waals surface area (Å²) in [4.78, 5) is 21.7. The second kappa shape index (κ2) is 4.06. The molecule has 1 aromatic heterocycles. The molecule has 5 heteroatoms. The van der Waals surface area contributed by atoms with E-state index in [1.54, 1.807) is 12.1 Å². The van der Waals surface area contributed by atoms with E-state index in [0.29, 0.717) is 0 Å². The van der Waals surface area contributed by atoms with E-state index in [1.807, 2.05) is 12.1 Å². The summed E-state index contributed by atoms with van der Waals surface area (Å²) < 4.78 is 0. The highest BCUT2D eigenvalue weighted by molar-refractivity contribution is 5.88. The third kappa shape index (κ3) is 2.20. The van der Waals surface area contributed by atoms with Crippen LogP contribution in [-0.4, -0.2) is 16.1 Å². The summed E-state index contributed by atoms with van der Waals surface area (Å²) in [6, 6.07) is 8.69. The van der Waals surface area contributed by atoms with Crippen LogP contribution < -0.4 is 10.9 Å². The van der Waals surface area contributed by atoms with E-state index in [-0.39, 0.29) is 11.5 Å². The minimum Gasteiger partial charge on any atom is -0.326 e. The molecule has 2 aromatic rings. The molecule has 2 rings (SSSR count). The zero-order valence-corrected chi connectivity index (χ0v) is 8.70. The maximum Gasteiger partial charge on any atom is 0.264 e. The van der Waals surface area contributed by atoms with Crippen molar-refractivity contribution >= 4 is 11.6 Å². The lowest BCUT2D eigenvalue weighted by Gasteiger charge is -2.02. The molecule has 0 fully saturated rings. The monoisotopic (exact) mass is 217 g/mol. The van der Waals surface area contributed by atoms with Crippen LogP contribution in [0, 0.1) is 0 Å². The van der Waals surface area contributed by atoms with Gasteiger partial charge in [-0.2, -0.15) is 0 Å². The molecule has 0 saturated heterocycles. The maximum absolute atomic E-state index is 10.9. The van der Waals surface area contributed by atoms with Crippen molar-refractivity contribution in [2.45, 2.75) is 6.92 Å². The lowest BCUT2D eigenvalue weighted by molar-refractivity contribution is -0.114. The normalized spacial score (nSPS) is 10.1. The van der Waals surface area contributed by atoms with Crippen molar-refractivity contribution in [3.63, 3.8) is 0 Å². The molecule has 0 spiro atoms. The van der Waals surface area contributed by atoms with E-state index >= 15 is 0 Å². The average Bonchev–Trinajstić information content (AvgIpc) is 2.65. The predicted molar refractivity (Wildman–Crippen MR) is 61.2 cm³/mol. The smallest absolute Gasteiger partial charge is 0.264 e. The number of nitrogens with one attached hydrogen (secondary N) is 3. The first-order valence-corrected chi connectivity index (χ1v) is 4.81. The van der Waals surface area contributed by atoms with Crippen LogP contribution in [0.4, 0.5) is 5.69 Å². The first-order valence-electron chi connectivity index (χ1n) is 4.81. The van der Waals surface area contributed by atoms with Gasteiger partial charge < -0.3 is 5.32 Å². The quantitative estimate of drug-likeness (QED) is 0.709. The van der Waals surface area contributed by atoms with Gasteiger partial charge in [0.2, 0.25) is 5.91 Å². The Morgan fingerprint density at radius 1 is 1.19 bits per heavy atom. The third-order valence-corrected chi connectivity index (χ3v) is 2.11. The van der Waals surface area contributed by atoms with E-state index in [4.69, 9.17) is 0 Å². The lowest BCUT2D eigenvalue weighted by Crippen LogP contribution is -2.05. The van der Waals surface area contributed by atoms with Gasteiger partial charge in [0.15, 0.2) is 0 Å². The number of benzene rings is 1. The summed E-state index contributed by atoms with van der Waals surface area (Å²) in [5, 5.41) is 7.89. The molecule has 0 bridgehead atoms. The van der Waals surface area contributed by atoms with Gasteiger partial charge in [-0.25, -0.2) is 0 Å². The second-order valence-corrected chi connectivity index (χ2v) is 3.43. The lowest BCUT2D eigenvalue weighted by atomic mass is 10.1. The van der Waals surface area contributed by atoms with Crippen LogP contribution in [0.15, 0.2) is 35.1 Å². The number of hydrogen-bond acceptors (Lipinski definition) is 2. The average molecular weight is 217 g/mol. The van der Waals surface area contributed by atoms with Crippen molar-refractivity contribution in [3.05, 3.63) is 40.7 Å². The maximum atomic E-state index is 10.9. The Morgan fingerprint density at radius 3 is 2.38 bits per heavy atom. The fourth-order valence-electron chi connectivity index (χ4n) is 1.42. The van der Waals surface area contributed by atoms with Gasteiger partial charge in [-0.1, -0.05) is 12.1 Å². The molecule has 0 unspecified atom stereocenters. The summed E-state index contributed by atoms with van der Waals surface area (Å²) in [5.41, 5.74) is 2.17. The molecule has 82 valence electrons. The zero-order chi connectivity index (χ0) is 11.5. The largest absolute Gasteiger partial charge is 0.326 e. The van der Waals surface area contributed by atoms with Crippen molar-refractivity contribution < 1.29 is 4.79 Å². The first-order chi connectivity index (χ1) is 7.65. The van der Waals surface area contributed by atoms with Gasteiger partial charge in [-0.3, -0.25) is 19.8 Å². The summed E-state index contributed by atoms with van der Waals surface area (Å²) in [6.07, 6.45) is 0. The standard InChI is InChI=1S/C11H11N3O2/c1-7(15)12-9-4-2-8(3-5-9)10-6-11(16)14-13-10/h2-6H,1H3,(H,12,15)(H2,13,14,16). The number of H-pyrrole nitrogens is 2. The molecular formula is C11H11N3O2. The molecule has 1 aromatic carbocycles. The zero-order valence-electron chi connectivity index (χ0n) is 8.70. The van der Waals surface area contributed by atoms with Crippen molar-refractivity contribution in [1.29, 1.82) is 0 Å². The number of aromatic nitrogens is 2. The van der Waals surface area contributed by atoms with Gasteiger partial charge >= 0.3 is 0 Å². The minimum absolute atomic E-state index is 0.109. The number of amides is 1. The van der Waals surface area contributed by atoms with E-state index in [0.717, 1.165) is 16.9 Å². The summed E-state index contributed by atoms with van der Waals surface area (Å²) >= 11 is 0. The van der Waals surface area contributed by atoms with Crippen molar-refractivity contribution in [3.8, 4) is 11.3 Å². The molecule has 0 aliphatic carbocycles. The Kier molecular flexibility index (Phi) is 2.59. The highest BCUT2D eigenvalue weighted by Gasteiger charge is 2.01. The van der Waals surface area contributed by atoms with Crippen molar-refractivity contribution in [2.24, 2.45) is 0 Å². The fourth-order valence-corrected chi connectivity index (χ4v) is 1.42. The van der Waals surface area contributed by atoms with Gasteiger partial charge in [0.25, 0.3) is 5.56 Å². The Bertz CT molecular complexity index is 551. The van der Waals surface area contributed by atoms with Gasteiger partial charge in [-0.05, 0) is 17.7 Å². The number of carbonyl (C=O) groups excluding carboxylic acids is 1. The van der Waals surface area contributed by atoms with Crippen molar-refractivity contribution in [2.75, 3.05) is 5.32 Å². The Labute approximate surface area is 91.5 Å². The second-order valence-electron chi connectivity index (χ2n) is 3.43. The molecule has 0 radical (unpaired) electrons. The van der Waals surface area contributed by atoms with E-state index < -0.39 is 0 Å². The van der Waals surface area contributed by atoms with Crippen molar-refractivity contribution in [1.82, 2.24) is 10.2 Å². The molecule has 0 aliphatic rings. The first kappa shape index (κ1) is 10.2. The topological polar surface area (TPSA) is 77.8 Å². The van der Waals surface area contributed by atoms with E-state index in [1.165, 1.54) is 13.0 Å². The number of carbonyl (C=O) groups is 1. The number of rotatable bonds is 2. The Morgan fingerprint density at radius 2 is 1.88 bits per heavy atom. The highest BCUT2D eigenvalue weighted by Crippen LogP contribution is 2.17. The number of anilines is 1. The molecule has 1 amide bonds. The van der Waals surface area contributed by atoms with Crippen LogP contribution in [0.3, 0.4) is 0 Å². The van der Waals surface area contributed by atoms with Gasteiger partial charge in [0.05, 0.1) is 5.69 Å². The minimum atomic E-state index is -0.166. The van der Waals surface area contributed by atoms with Crippen LogP contribution in [0.1, 0.15) is 6.92 Å². The molecule has 0 atom stereocenters. The van der Waals surface area contributed by atoms with Crippen LogP contribution in [0.5, 0.6) is 0 Å². The van der Waals surface area contributed by atoms with Gasteiger partial charge in [-0.15, -0.1) is 0 Å². The van der Waals surface area contributed by atoms with Gasteiger partial charge in [0.1, 0.15) is 0 Å². The third-order valence-electron chi connectivity index (χ3n) is 2.11. The SMILES string of the molecule is CC(=O)Nc1ccc(-c2cc(=O)[nH][nH]2)cc1. The summed E-state index contributed by atoms with van der Waals surface area (Å²) in [7, 11) is 0. The molecular weight excluding hydrogens is 206 g/mol. The summed E-state index contributed by atoms with van der Waals surface area (Å²) in [6.45, 7) is 1.46. The highest BCUT2D eigenvalue weighted by atomic mass is 16.1. The summed E-state index contributed by atoms with van der Waals surface area (Å²) in [5.74, 6) is -0.109. The fraction of sp³-hybridized carbons (Fsp3) is 0.0909. The van der Waals surface area contributed by atoms with Crippen LogP contribution in [-0.2, 0) is 4.79 Å². The Hall–Kier alpha value is -2.30. The van der Waals surface area contributed by atoms with E-state index in [2.05, 4.69) is 15.5 Å². The molecule has 3 N–H and O–H groups in total. The van der Waals surface area contributed by atoms with Crippen LogP contribution >= 0.6 is 0 Å². The van der Waals surface area contributed by atoms with Crippen LogP contribution in [0.25, 0.3) is 11.3 Å². The van der Waals surface area contributed by atoms with Gasteiger partial charge in [0, 0.05) is 18.7 Å². The van der Waals surface area contributed by atoms with E-state index in [9.17, 15) is 9.59 Å². The molecule has 0 aliphatic heterocycles. The number of aromatic amines is 2. The Balaban J connectivity index is 2.25. The predicted octanol–water partition coefficient (Wildman–Crippen LogP) is 1.33. The molecule has 16 heavy (non-hydrogen) atoms. The molecule has 0 saturated carbocycles. The molecule has 5 nitrogen and oxygen atoms in total.